The minimum atomic E-state index is -0.236. The van der Waals surface area contributed by atoms with E-state index in [2.05, 4.69) is 5.32 Å². The van der Waals surface area contributed by atoms with Crippen LogP contribution >= 0.6 is 11.8 Å². The maximum absolute atomic E-state index is 11.6. The minimum Gasteiger partial charge on any atom is -0.330 e. The fourth-order valence-electron chi connectivity index (χ4n) is 4.41. The Kier molecular flexibility index (Phi) is 5.24. The highest BCUT2D eigenvalue weighted by molar-refractivity contribution is 8.18. The number of amides is 2. The average molecular weight is 322 g/mol. The van der Waals surface area contributed by atoms with Gasteiger partial charge in [0.1, 0.15) is 0 Å². The number of allylic oxidation sites excluding steroid dienone is 1. The molecule has 0 aromatic heterocycles. The zero-order valence-corrected chi connectivity index (χ0v) is 13.9. The van der Waals surface area contributed by atoms with E-state index in [9.17, 15) is 9.59 Å². The van der Waals surface area contributed by atoms with Crippen molar-refractivity contribution in [1.29, 1.82) is 0 Å². The molecule has 2 atom stereocenters. The Bertz CT molecular complexity index is 469. The molecule has 3 fully saturated rings. The van der Waals surface area contributed by atoms with Crippen LogP contribution in [0, 0.1) is 23.7 Å². The largest absolute Gasteiger partial charge is 0.330 e. The van der Waals surface area contributed by atoms with Crippen LogP contribution in [0.15, 0.2) is 11.0 Å². The van der Waals surface area contributed by atoms with E-state index in [-0.39, 0.29) is 11.1 Å². The topological polar surface area (TPSA) is 72.2 Å². The summed E-state index contributed by atoms with van der Waals surface area (Å²) in [6, 6.07) is 0. The monoisotopic (exact) mass is 322 g/mol. The molecule has 3 aliphatic rings. The summed E-state index contributed by atoms with van der Waals surface area (Å²) in [5.74, 6) is 2.69. The number of hydrogen-bond donors (Lipinski definition) is 2. The lowest BCUT2D eigenvalue weighted by Gasteiger charge is -2.37. The predicted octanol–water partition coefficient (Wildman–Crippen LogP) is 3.42. The summed E-state index contributed by atoms with van der Waals surface area (Å²) in [5, 5.41) is 2.10. The van der Waals surface area contributed by atoms with E-state index < -0.39 is 0 Å². The smallest absolute Gasteiger partial charge is 0.290 e. The molecule has 1 saturated heterocycles. The average Bonchev–Trinajstić information content (AvgIpc) is 2.86. The third kappa shape index (κ3) is 3.74. The molecule has 2 unspecified atom stereocenters. The van der Waals surface area contributed by atoms with Gasteiger partial charge >= 0.3 is 0 Å². The van der Waals surface area contributed by atoms with Gasteiger partial charge < -0.3 is 5.73 Å². The summed E-state index contributed by atoms with van der Waals surface area (Å²) in [5.41, 5.74) is 5.86. The molecule has 0 radical (unpaired) electrons. The molecule has 5 heteroatoms. The number of nitrogens with two attached hydrogens (primary N) is 1. The number of nitrogens with one attached hydrogen (secondary N) is 1. The Labute approximate surface area is 136 Å². The van der Waals surface area contributed by atoms with Gasteiger partial charge in [-0.2, -0.15) is 0 Å². The van der Waals surface area contributed by atoms with E-state index in [1.165, 1.54) is 38.5 Å². The number of thioether (sulfide) groups is 1. The van der Waals surface area contributed by atoms with Crippen LogP contribution in [0.5, 0.6) is 0 Å². The second-order valence-corrected chi connectivity index (χ2v) is 8.09. The predicted molar refractivity (Wildman–Crippen MR) is 89.2 cm³/mol. The van der Waals surface area contributed by atoms with Gasteiger partial charge in [0.2, 0.25) is 0 Å². The second kappa shape index (κ2) is 7.18. The molecule has 1 aliphatic heterocycles. The highest BCUT2D eigenvalue weighted by Gasteiger charge is 2.32. The van der Waals surface area contributed by atoms with Crippen LogP contribution in [-0.2, 0) is 4.79 Å². The first-order valence-electron chi connectivity index (χ1n) is 8.60. The number of carbonyl (C=O) groups excluding carboxylic acids is 2. The molecule has 0 bridgehead atoms. The summed E-state index contributed by atoms with van der Waals surface area (Å²) < 4.78 is 0. The number of imide groups is 1. The van der Waals surface area contributed by atoms with Crippen molar-refractivity contribution in [3.8, 4) is 0 Å². The van der Waals surface area contributed by atoms with E-state index in [0.717, 1.165) is 48.9 Å². The van der Waals surface area contributed by atoms with Gasteiger partial charge in [0.25, 0.3) is 11.1 Å². The summed E-state index contributed by atoms with van der Waals surface area (Å²) in [7, 11) is 0. The van der Waals surface area contributed by atoms with Crippen molar-refractivity contribution in [3.63, 3.8) is 0 Å². The molecule has 122 valence electrons. The van der Waals surface area contributed by atoms with Crippen LogP contribution in [0.3, 0.4) is 0 Å². The Hall–Kier alpha value is -0.810. The van der Waals surface area contributed by atoms with Crippen molar-refractivity contribution in [2.45, 2.75) is 51.4 Å². The molecule has 1 heterocycles. The Morgan fingerprint density at radius 3 is 2.50 bits per heavy atom. The molecule has 2 amide bonds. The maximum Gasteiger partial charge on any atom is 0.290 e. The van der Waals surface area contributed by atoms with E-state index >= 15 is 0 Å². The highest BCUT2D eigenvalue weighted by Crippen LogP contribution is 2.42. The summed E-state index contributed by atoms with van der Waals surface area (Å²) in [6.07, 6.45) is 12.2. The quantitative estimate of drug-likeness (QED) is 0.781. The van der Waals surface area contributed by atoms with E-state index in [0.29, 0.717) is 10.8 Å². The van der Waals surface area contributed by atoms with Gasteiger partial charge in [-0.05, 0) is 80.5 Å². The first-order valence-corrected chi connectivity index (χ1v) is 9.42. The third-order valence-electron chi connectivity index (χ3n) is 5.67. The van der Waals surface area contributed by atoms with E-state index in [1.54, 1.807) is 0 Å². The fourth-order valence-corrected chi connectivity index (χ4v) is 5.16. The van der Waals surface area contributed by atoms with Gasteiger partial charge in [-0.3, -0.25) is 14.9 Å². The van der Waals surface area contributed by atoms with Crippen molar-refractivity contribution in [2.75, 3.05) is 6.54 Å². The molecule has 3 rings (SSSR count). The van der Waals surface area contributed by atoms with Crippen LogP contribution in [0.4, 0.5) is 4.79 Å². The second-order valence-electron chi connectivity index (χ2n) is 7.08. The molecule has 0 aromatic carbocycles. The van der Waals surface area contributed by atoms with Crippen molar-refractivity contribution < 1.29 is 9.59 Å². The van der Waals surface area contributed by atoms with Gasteiger partial charge in [-0.25, -0.2) is 0 Å². The SMILES string of the molecule is NCC1CCCC(C2CCC(/C=C3\SC(=O)NC3=O)CC2)C1. The van der Waals surface area contributed by atoms with Gasteiger partial charge in [0, 0.05) is 0 Å². The van der Waals surface area contributed by atoms with Crippen LogP contribution in [0.25, 0.3) is 0 Å². The lowest BCUT2D eigenvalue weighted by molar-refractivity contribution is -0.115. The van der Waals surface area contributed by atoms with Crippen molar-refractivity contribution in [1.82, 2.24) is 5.32 Å². The standard InChI is InChI=1S/C17H26N2O2S/c18-10-12-2-1-3-14(8-12)13-6-4-11(5-7-13)9-15-16(20)19-17(21)22-15/h9,11-14H,1-8,10,18H2,(H,19,20,21)/b15-9-. The molecule has 2 aliphatic carbocycles. The van der Waals surface area contributed by atoms with E-state index in [1.807, 2.05) is 6.08 Å². The summed E-state index contributed by atoms with van der Waals surface area (Å²) >= 11 is 1.05. The summed E-state index contributed by atoms with van der Waals surface area (Å²) in [4.78, 5) is 23.4. The number of hydrogen-bond acceptors (Lipinski definition) is 4. The molecule has 2 saturated carbocycles. The third-order valence-corrected chi connectivity index (χ3v) is 6.50. The van der Waals surface area contributed by atoms with Crippen molar-refractivity contribution >= 4 is 22.9 Å². The number of rotatable bonds is 3. The molecule has 0 spiro atoms. The lowest BCUT2D eigenvalue weighted by Crippen LogP contribution is -2.29. The molecular formula is C17H26N2O2S. The minimum absolute atomic E-state index is 0.213. The van der Waals surface area contributed by atoms with E-state index in [4.69, 9.17) is 5.73 Å². The van der Waals surface area contributed by atoms with Crippen molar-refractivity contribution in [3.05, 3.63) is 11.0 Å². The van der Waals surface area contributed by atoms with Crippen LogP contribution < -0.4 is 11.1 Å². The first-order chi connectivity index (χ1) is 10.7. The zero-order valence-electron chi connectivity index (χ0n) is 13.1. The molecule has 3 N–H and O–H groups in total. The molecule has 22 heavy (non-hydrogen) atoms. The van der Waals surface area contributed by atoms with Gasteiger partial charge in [-0.15, -0.1) is 0 Å². The first kappa shape index (κ1) is 16.1. The highest BCUT2D eigenvalue weighted by atomic mass is 32.2. The normalized spacial score (nSPS) is 38.3. The fraction of sp³-hybridized carbons (Fsp3) is 0.765. The molecule has 4 nitrogen and oxygen atoms in total. The van der Waals surface area contributed by atoms with Crippen LogP contribution in [0.1, 0.15) is 51.4 Å². The lowest BCUT2D eigenvalue weighted by atomic mass is 9.68. The van der Waals surface area contributed by atoms with Crippen LogP contribution in [0.2, 0.25) is 0 Å². The molecule has 0 aromatic rings. The Morgan fingerprint density at radius 1 is 1.09 bits per heavy atom. The zero-order chi connectivity index (χ0) is 15.5. The molecular weight excluding hydrogens is 296 g/mol. The number of carbonyl (C=O) groups is 2. The van der Waals surface area contributed by atoms with Crippen molar-refractivity contribution in [2.24, 2.45) is 29.4 Å². The maximum atomic E-state index is 11.6. The Morgan fingerprint density at radius 2 is 1.86 bits per heavy atom. The van der Waals surface area contributed by atoms with Crippen LogP contribution in [-0.4, -0.2) is 17.7 Å². The van der Waals surface area contributed by atoms with Gasteiger partial charge in [-0.1, -0.05) is 18.9 Å². The van der Waals surface area contributed by atoms with Gasteiger partial charge in [0.15, 0.2) is 0 Å². The summed E-state index contributed by atoms with van der Waals surface area (Å²) in [6.45, 7) is 0.846. The van der Waals surface area contributed by atoms with Gasteiger partial charge in [0.05, 0.1) is 4.91 Å². The Balaban J connectivity index is 1.51.